The second-order valence-corrected chi connectivity index (χ2v) is 16.1. The van der Waals surface area contributed by atoms with Crippen molar-refractivity contribution < 1.29 is 0 Å². The summed E-state index contributed by atoms with van der Waals surface area (Å²) in [5.74, 6) is 1.86. The molecular weight excluding hydrogens is 801 g/mol. The highest BCUT2D eigenvalue weighted by Crippen LogP contribution is 2.49. The van der Waals surface area contributed by atoms with Gasteiger partial charge in [0.25, 0.3) is 0 Å². The smallest absolute Gasteiger partial charge is 0.164 e. The van der Waals surface area contributed by atoms with Gasteiger partial charge in [0.05, 0.1) is 11.4 Å². The van der Waals surface area contributed by atoms with Crippen molar-refractivity contribution in [1.82, 2.24) is 19.9 Å². The van der Waals surface area contributed by atoms with E-state index in [0.717, 1.165) is 94.8 Å². The number of hydrogen-bond donors (Lipinski definition) is 0. The maximum absolute atomic E-state index is 5.63. The molecule has 0 spiro atoms. The predicted octanol–water partition coefficient (Wildman–Crippen LogP) is 15.9. The lowest BCUT2D eigenvalue weighted by molar-refractivity contribution is 1.07. The fraction of sp³-hybridized carbons (Fsp3) is 0. The molecule has 0 saturated carbocycles. The Morgan fingerprint density at radius 2 is 0.530 bits per heavy atom. The summed E-state index contributed by atoms with van der Waals surface area (Å²) < 4.78 is 0. The number of nitrogens with zero attached hydrogens (tertiary/aromatic N) is 4. The van der Waals surface area contributed by atoms with E-state index in [1.807, 2.05) is 42.5 Å². The number of aromatic nitrogens is 4. The van der Waals surface area contributed by atoms with Crippen LogP contribution in [0.3, 0.4) is 0 Å². The average molecular weight is 843 g/mol. The largest absolute Gasteiger partial charge is 0.246 e. The van der Waals surface area contributed by atoms with Gasteiger partial charge in [-0.2, -0.15) is 0 Å². The molecule has 0 aliphatic carbocycles. The van der Waals surface area contributed by atoms with E-state index >= 15 is 0 Å². The van der Waals surface area contributed by atoms with Crippen LogP contribution in [0.15, 0.2) is 255 Å². The van der Waals surface area contributed by atoms with Crippen molar-refractivity contribution in [2.75, 3.05) is 0 Å². The molecule has 310 valence electrons. The predicted molar refractivity (Wildman–Crippen MR) is 272 cm³/mol. The Kier molecular flexibility index (Phi) is 10.9. The second-order valence-electron chi connectivity index (χ2n) is 16.1. The maximum Gasteiger partial charge on any atom is 0.164 e. The van der Waals surface area contributed by atoms with Crippen LogP contribution in [0, 0.1) is 0 Å². The maximum atomic E-state index is 5.63. The molecule has 66 heavy (non-hydrogen) atoms. The Morgan fingerprint density at radius 1 is 0.182 bits per heavy atom. The summed E-state index contributed by atoms with van der Waals surface area (Å²) in [6, 6.07) is 88.8. The third kappa shape index (κ3) is 8.00. The van der Waals surface area contributed by atoms with Crippen molar-refractivity contribution in [3.8, 4) is 112 Å². The molecule has 0 radical (unpaired) electrons. The van der Waals surface area contributed by atoms with Gasteiger partial charge in [0, 0.05) is 44.5 Å². The zero-order valence-corrected chi connectivity index (χ0v) is 36.0. The Bertz CT molecular complexity index is 3310. The molecule has 0 unspecified atom stereocenters. The van der Waals surface area contributed by atoms with E-state index in [0.29, 0.717) is 17.5 Å². The monoisotopic (exact) mass is 842 g/mol. The third-order valence-electron chi connectivity index (χ3n) is 12.0. The van der Waals surface area contributed by atoms with Crippen molar-refractivity contribution in [1.29, 1.82) is 0 Å². The van der Waals surface area contributed by atoms with Crippen LogP contribution >= 0.6 is 0 Å². The molecule has 11 rings (SSSR count). The topological polar surface area (TPSA) is 51.6 Å². The van der Waals surface area contributed by atoms with Gasteiger partial charge in [-0.05, 0) is 45.0 Å². The van der Waals surface area contributed by atoms with E-state index in [2.05, 4.69) is 212 Å². The molecular formula is C62H42N4. The Morgan fingerprint density at radius 3 is 1.03 bits per heavy atom. The van der Waals surface area contributed by atoms with Crippen molar-refractivity contribution >= 4 is 0 Å². The van der Waals surface area contributed by atoms with Crippen LogP contribution in [0.1, 0.15) is 0 Å². The molecule has 0 amide bonds. The lowest BCUT2D eigenvalue weighted by Crippen LogP contribution is -2.01. The summed E-state index contributed by atoms with van der Waals surface area (Å²) in [4.78, 5) is 20.9. The first-order chi connectivity index (χ1) is 32.7. The summed E-state index contributed by atoms with van der Waals surface area (Å²) in [7, 11) is 0. The molecule has 0 N–H and O–H groups in total. The van der Waals surface area contributed by atoms with Gasteiger partial charge in [0.15, 0.2) is 17.5 Å². The molecule has 4 heteroatoms. The van der Waals surface area contributed by atoms with E-state index in [9.17, 15) is 0 Å². The van der Waals surface area contributed by atoms with Gasteiger partial charge in [-0.15, -0.1) is 0 Å². The molecule has 9 aromatic carbocycles. The van der Waals surface area contributed by atoms with E-state index < -0.39 is 0 Å². The number of benzene rings is 9. The minimum absolute atomic E-state index is 0.612. The molecule has 2 heterocycles. The van der Waals surface area contributed by atoms with Gasteiger partial charge in [-0.25, -0.2) is 19.9 Å². The highest BCUT2D eigenvalue weighted by atomic mass is 15.0. The van der Waals surface area contributed by atoms with Crippen LogP contribution in [-0.4, -0.2) is 19.9 Å². The summed E-state index contributed by atoms with van der Waals surface area (Å²) in [5.41, 5.74) is 17.7. The Balaban J connectivity index is 1.07. The Hall–Kier alpha value is -8.86. The van der Waals surface area contributed by atoms with Crippen LogP contribution in [0.2, 0.25) is 0 Å². The lowest BCUT2D eigenvalue weighted by atomic mass is 9.83. The minimum Gasteiger partial charge on any atom is -0.246 e. The van der Waals surface area contributed by atoms with Gasteiger partial charge in [-0.3, -0.25) is 0 Å². The van der Waals surface area contributed by atoms with Crippen molar-refractivity contribution in [3.63, 3.8) is 0 Å². The average Bonchev–Trinajstić information content (AvgIpc) is 3.41. The third-order valence-corrected chi connectivity index (χ3v) is 12.0. The SMILES string of the molecule is c1ccc(-c2nc(-c3ccc(-c4cccc(-c5c(-c6ccccc6)c(-c6ccccc6)nc(-c6ccccc6)c5-c5ccccc5)c4)cc3)nc(-c3ccccc3-c3ccccc3)n2)cc1. The molecule has 0 bridgehead atoms. The van der Waals surface area contributed by atoms with E-state index in [1.54, 1.807) is 0 Å². The van der Waals surface area contributed by atoms with Gasteiger partial charge >= 0.3 is 0 Å². The standard InChI is InChI=1S/C62H42N4/c1-7-22-44(23-8-1)53-36-19-20-37-54(53)62-65-60(49-32-17-6-18-33-49)64-61(66-62)50-40-38-43(39-41-50)51-34-21-35-52(42-51)55-56(45-24-9-2-10-25-45)58(47-28-13-4-14-29-47)63-59(48-30-15-5-16-31-48)57(55)46-26-11-3-12-27-46/h1-42H. The van der Waals surface area contributed by atoms with Gasteiger partial charge in [-0.1, -0.05) is 249 Å². The summed E-state index contributed by atoms with van der Waals surface area (Å²) in [6.07, 6.45) is 0. The van der Waals surface area contributed by atoms with Crippen LogP contribution < -0.4 is 0 Å². The molecule has 2 aromatic heterocycles. The highest BCUT2D eigenvalue weighted by Gasteiger charge is 2.25. The first-order valence-corrected chi connectivity index (χ1v) is 22.2. The van der Waals surface area contributed by atoms with Gasteiger partial charge in [0.2, 0.25) is 0 Å². The summed E-state index contributed by atoms with van der Waals surface area (Å²) >= 11 is 0. The molecule has 0 saturated heterocycles. The van der Waals surface area contributed by atoms with Crippen LogP contribution in [0.4, 0.5) is 0 Å². The molecule has 0 aliphatic rings. The minimum atomic E-state index is 0.612. The number of hydrogen-bond acceptors (Lipinski definition) is 4. The first-order valence-electron chi connectivity index (χ1n) is 22.2. The van der Waals surface area contributed by atoms with E-state index in [-0.39, 0.29) is 0 Å². The number of rotatable bonds is 10. The quantitative estimate of drug-likeness (QED) is 0.138. The zero-order chi connectivity index (χ0) is 44.1. The van der Waals surface area contributed by atoms with Crippen molar-refractivity contribution in [2.24, 2.45) is 0 Å². The molecule has 0 aliphatic heterocycles. The fourth-order valence-electron chi connectivity index (χ4n) is 8.81. The Labute approximate surface area is 385 Å². The number of pyridine rings is 1. The summed E-state index contributed by atoms with van der Waals surface area (Å²) in [5, 5.41) is 0. The fourth-order valence-corrected chi connectivity index (χ4v) is 8.81. The normalized spacial score (nSPS) is 11.0. The van der Waals surface area contributed by atoms with Gasteiger partial charge < -0.3 is 0 Å². The van der Waals surface area contributed by atoms with Crippen molar-refractivity contribution in [2.45, 2.75) is 0 Å². The molecule has 11 aromatic rings. The molecule has 0 fully saturated rings. The van der Waals surface area contributed by atoms with E-state index in [4.69, 9.17) is 19.9 Å². The van der Waals surface area contributed by atoms with Crippen LogP contribution in [-0.2, 0) is 0 Å². The van der Waals surface area contributed by atoms with Crippen LogP contribution in [0.5, 0.6) is 0 Å². The van der Waals surface area contributed by atoms with Crippen LogP contribution in [0.25, 0.3) is 112 Å². The van der Waals surface area contributed by atoms with E-state index in [1.165, 1.54) is 0 Å². The molecule has 4 nitrogen and oxygen atoms in total. The van der Waals surface area contributed by atoms with Gasteiger partial charge in [0.1, 0.15) is 0 Å². The zero-order valence-electron chi connectivity index (χ0n) is 36.0. The summed E-state index contributed by atoms with van der Waals surface area (Å²) in [6.45, 7) is 0. The first kappa shape index (κ1) is 40.0. The second kappa shape index (κ2) is 18.1. The highest BCUT2D eigenvalue weighted by molar-refractivity contribution is 6.05. The van der Waals surface area contributed by atoms with Crippen molar-refractivity contribution in [3.05, 3.63) is 255 Å². The lowest BCUT2D eigenvalue weighted by Gasteiger charge is -2.23. The molecule has 0 atom stereocenters.